The molecular weight excluding hydrogens is 214 g/mol. The van der Waals surface area contributed by atoms with Crippen LogP contribution in [0.5, 0.6) is 0 Å². The molecule has 0 bridgehead atoms. The molecule has 0 aliphatic carbocycles. The van der Waals surface area contributed by atoms with E-state index in [1.54, 1.807) is 0 Å². The van der Waals surface area contributed by atoms with Crippen LogP contribution in [0.4, 0.5) is 0 Å². The van der Waals surface area contributed by atoms with Gasteiger partial charge in [-0.2, -0.15) is 0 Å². The van der Waals surface area contributed by atoms with Crippen LogP contribution in [0.25, 0.3) is 0 Å². The molecule has 0 aromatic carbocycles. The molecule has 0 aromatic heterocycles. The second-order valence-electron chi connectivity index (χ2n) is 4.76. The van der Waals surface area contributed by atoms with Gasteiger partial charge in [0, 0.05) is 0 Å². The number of carbonyl (C=O) groups is 2. The summed E-state index contributed by atoms with van der Waals surface area (Å²) in [7, 11) is 0. The first kappa shape index (κ1) is 16.1. The Kier molecular flexibility index (Phi) is 11.0. The first-order valence-electron chi connectivity index (χ1n) is 6.97. The fraction of sp³-hybridized carbons (Fsp3) is 0.857. The third-order valence-electron chi connectivity index (χ3n) is 3.15. The third kappa shape index (κ3) is 10.0. The lowest BCUT2D eigenvalue weighted by atomic mass is 10.0. The number of hydrogen-bond acceptors (Lipinski definition) is 2. The first-order chi connectivity index (χ1) is 8.22. The van der Waals surface area contributed by atoms with E-state index >= 15 is 0 Å². The minimum atomic E-state index is -0.570. The maximum Gasteiger partial charge on any atom is 0.227 e. The van der Waals surface area contributed by atoms with Crippen LogP contribution in [0.2, 0.25) is 0 Å². The van der Waals surface area contributed by atoms with E-state index in [-0.39, 0.29) is 0 Å². The molecule has 0 saturated heterocycles. The quantitative estimate of drug-likeness (QED) is 0.324. The monoisotopic (exact) mass is 241 g/mol. The fourth-order valence-corrected chi connectivity index (χ4v) is 1.95. The number of primary amides is 1. The Morgan fingerprint density at radius 1 is 1.00 bits per heavy atom. The number of unbranched alkanes of at least 4 members (excludes halogenated alkanes) is 8. The fourth-order valence-electron chi connectivity index (χ4n) is 1.95. The van der Waals surface area contributed by atoms with E-state index < -0.39 is 11.8 Å². The van der Waals surface area contributed by atoms with Crippen molar-refractivity contribution < 1.29 is 9.59 Å². The van der Waals surface area contributed by atoms with Crippen molar-refractivity contribution in [1.29, 1.82) is 0 Å². The summed E-state index contributed by atoms with van der Waals surface area (Å²) in [5.74, 6) is -1.06. The van der Waals surface area contributed by atoms with Crippen LogP contribution in [0.1, 0.15) is 71.1 Å². The smallest absolute Gasteiger partial charge is 0.227 e. The van der Waals surface area contributed by atoms with Gasteiger partial charge in [0.15, 0.2) is 0 Å². The molecule has 1 atom stereocenters. The van der Waals surface area contributed by atoms with E-state index in [0.29, 0.717) is 12.7 Å². The normalized spacial score (nSPS) is 12.3. The van der Waals surface area contributed by atoms with Gasteiger partial charge in [-0.05, 0) is 6.42 Å². The molecule has 0 aliphatic heterocycles. The van der Waals surface area contributed by atoms with Crippen molar-refractivity contribution in [3.63, 3.8) is 0 Å². The third-order valence-corrected chi connectivity index (χ3v) is 3.15. The molecule has 0 saturated carbocycles. The predicted octanol–water partition coefficient (Wildman–Crippen LogP) is 3.21. The summed E-state index contributed by atoms with van der Waals surface area (Å²) >= 11 is 0. The maximum atomic E-state index is 10.8. The number of aldehydes is 1. The molecule has 0 spiro atoms. The Morgan fingerprint density at radius 3 is 1.88 bits per heavy atom. The second-order valence-corrected chi connectivity index (χ2v) is 4.76. The Labute approximate surface area is 105 Å². The van der Waals surface area contributed by atoms with Gasteiger partial charge in [0.1, 0.15) is 6.29 Å². The maximum absolute atomic E-state index is 10.8. The average molecular weight is 241 g/mol. The van der Waals surface area contributed by atoms with Gasteiger partial charge in [-0.15, -0.1) is 0 Å². The number of amides is 1. The van der Waals surface area contributed by atoms with Gasteiger partial charge < -0.3 is 10.5 Å². The van der Waals surface area contributed by atoms with Crippen molar-refractivity contribution >= 4 is 12.2 Å². The largest absolute Gasteiger partial charge is 0.369 e. The molecule has 0 fully saturated rings. The van der Waals surface area contributed by atoms with E-state index in [9.17, 15) is 9.59 Å². The molecule has 2 N–H and O–H groups in total. The van der Waals surface area contributed by atoms with Crippen LogP contribution in [-0.4, -0.2) is 12.2 Å². The van der Waals surface area contributed by atoms with Crippen molar-refractivity contribution in [2.24, 2.45) is 11.7 Å². The molecule has 100 valence electrons. The topological polar surface area (TPSA) is 60.2 Å². The lowest BCUT2D eigenvalue weighted by Gasteiger charge is -2.05. The van der Waals surface area contributed by atoms with Gasteiger partial charge in [-0.3, -0.25) is 4.79 Å². The molecule has 0 heterocycles. The zero-order valence-corrected chi connectivity index (χ0v) is 11.1. The highest BCUT2D eigenvalue weighted by Crippen LogP contribution is 2.12. The number of hydrogen-bond donors (Lipinski definition) is 1. The zero-order valence-electron chi connectivity index (χ0n) is 11.1. The molecule has 3 heteroatoms. The summed E-state index contributed by atoms with van der Waals surface area (Å²) in [6, 6.07) is 0. The Bertz CT molecular complexity index is 204. The summed E-state index contributed by atoms with van der Waals surface area (Å²) in [6.07, 6.45) is 12.4. The van der Waals surface area contributed by atoms with Crippen LogP contribution < -0.4 is 5.73 Å². The molecule has 17 heavy (non-hydrogen) atoms. The van der Waals surface area contributed by atoms with Crippen molar-refractivity contribution in [1.82, 2.24) is 0 Å². The molecule has 1 amide bonds. The van der Waals surface area contributed by atoms with E-state index in [0.717, 1.165) is 12.8 Å². The van der Waals surface area contributed by atoms with Crippen LogP contribution in [0, 0.1) is 5.92 Å². The highest BCUT2D eigenvalue weighted by molar-refractivity contribution is 5.90. The minimum absolute atomic E-state index is 0.487. The molecule has 0 radical (unpaired) electrons. The van der Waals surface area contributed by atoms with Gasteiger partial charge >= 0.3 is 0 Å². The highest BCUT2D eigenvalue weighted by atomic mass is 16.2. The van der Waals surface area contributed by atoms with Crippen molar-refractivity contribution in [3.8, 4) is 0 Å². The minimum Gasteiger partial charge on any atom is -0.369 e. The molecular formula is C14H27NO2. The van der Waals surface area contributed by atoms with Gasteiger partial charge in [0.25, 0.3) is 0 Å². The molecule has 0 rings (SSSR count). The zero-order chi connectivity index (χ0) is 12.9. The van der Waals surface area contributed by atoms with Gasteiger partial charge in [-0.1, -0.05) is 64.7 Å². The van der Waals surface area contributed by atoms with Crippen LogP contribution in [-0.2, 0) is 9.59 Å². The van der Waals surface area contributed by atoms with Crippen molar-refractivity contribution in [2.75, 3.05) is 0 Å². The summed E-state index contributed by atoms with van der Waals surface area (Å²) in [5, 5.41) is 0. The standard InChI is InChI=1S/C14H27NO2/c1-2-3-4-5-6-7-8-9-10-11-13(12-16)14(15)17/h12-13H,2-11H2,1H3,(H2,15,17). The Hall–Kier alpha value is -0.860. The highest BCUT2D eigenvalue weighted by Gasteiger charge is 2.12. The SMILES string of the molecule is CCCCCCCCCCCC(C=O)C(N)=O. The first-order valence-corrected chi connectivity index (χ1v) is 6.97. The van der Waals surface area contributed by atoms with E-state index in [1.807, 2.05) is 0 Å². The molecule has 1 unspecified atom stereocenters. The summed E-state index contributed by atoms with van der Waals surface area (Å²) in [5.41, 5.74) is 5.09. The summed E-state index contributed by atoms with van der Waals surface area (Å²) in [4.78, 5) is 21.3. The summed E-state index contributed by atoms with van der Waals surface area (Å²) < 4.78 is 0. The van der Waals surface area contributed by atoms with E-state index in [1.165, 1.54) is 44.9 Å². The van der Waals surface area contributed by atoms with Crippen molar-refractivity contribution in [2.45, 2.75) is 71.1 Å². The van der Waals surface area contributed by atoms with E-state index in [4.69, 9.17) is 5.73 Å². The second kappa shape index (κ2) is 11.6. The lowest BCUT2D eigenvalue weighted by Crippen LogP contribution is -2.24. The van der Waals surface area contributed by atoms with E-state index in [2.05, 4.69) is 6.92 Å². The van der Waals surface area contributed by atoms with Crippen LogP contribution in [0.15, 0.2) is 0 Å². The van der Waals surface area contributed by atoms with Gasteiger partial charge in [0.05, 0.1) is 5.92 Å². The average Bonchev–Trinajstić information content (AvgIpc) is 2.31. The van der Waals surface area contributed by atoms with Crippen LogP contribution in [0.3, 0.4) is 0 Å². The number of carbonyl (C=O) groups excluding carboxylic acids is 2. The van der Waals surface area contributed by atoms with Crippen molar-refractivity contribution in [3.05, 3.63) is 0 Å². The Morgan fingerprint density at radius 2 is 1.47 bits per heavy atom. The Balaban J connectivity index is 3.23. The summed E-state index contributed by atoms with van der Waals surface area (Å²) in [6.45, 7) is 2.22. The number of nitrogens with two attached hydrogens (primary N) is 1. The lowest BCUT2D eigenvalue weighted by molar-refractivity contribution is -0.126. The number of rotatable bonds is 12. The van der Waals surface area contributed by atoms with Gasteiger partial charge in [0.2, 0.25) is 5.91 Å². The van der Waals surface area contributed by atoms with Crippen LogP contribution >= 0.6 is 0 Å². The molecule has 3 nitrogen and oxygen atoms in total. The molecule has 0 aromatic rings. The van der Waals surface area contributed by atoms with Gasteiger partial charge in [-0.25, -0.2) is 0 Å². The predicted molar refractivity (Wildman–Crippen MR) is 70.6 cm³/mol. The molecule has 0 aliphatic rings.